The second-order valence-electron chi connectivity index (χ2n) is 16.5. The number of benzene rings is 11. The van der Waals surface area contributed by atoms with Crippen LogP contribution in [0.15, 0.2) is 255 Å². The Hall–Kier alpha value is -8.20. The number of para-hydroxylation sites is 2. The van der Waals surface area contributed by atoms with Crippen molar-refractivity contribution in [2.45, 2.75) is 5.41 Å². The van der Waals surface area contributed by atoms with Crippen LogP contribution in [0.3, 0.4) is 0 Å². The molecule has 63 heavy (non-hydrogen) atoms. The molecule has 296 valence electrons. The highest BCUT2D eigenvalue weighted by atomic mass is 15.1. The lowest BCUT2D eigenvalue weighted by molar-refractivity contribution is 0.769. The van der Waals surface area contributed by atoms with Gasteiger partial charge in [0.2, 0.25) is 0 Å². The van der Waals surface area contributed by atoms with Crippen LogP contribution < -0.4 is 9.80 Å². The van der Waals surface area contributed by atoms with Gasteiger partial charge in [-0.1, -0.05) is 188 Å². The molecule has 1 aliphatic rings. The van der Waals surface area contributed by atoms with E-state index in [0.717, 1.165) is 34.1 Å². The van der Waals surface area contributed by atoms with Crippen LogP contribution in [0.1, 0.15) is 22.3 Å². The maximum atomic E-state index is 2.50. The lowest BCUT2D eigenvalue weighted by Crippen LogP contribution is -2.29. The standard InChI is InChI=1S/C61H42N2/c1-5-23-47(24-6-1)61(48-25-7-2-8-26-48)57-41-53(62(51-35-33-43-19-13-15-21-45(43)39-51)52-36-34-44-20-14-16-22-46(44)40-52)37-38-56(57)60-55-32-18-17-31-54(55)59(42-58(60)61)63(49-27-9-3-10-28-49)50-29-11-4-12-30-50/h1-42H. The maximum absolute atomic E-state index is 2.50. The zero-order valence-corrected chi connectivity index (χ0v) is 34.6. The van der Waals surface area contributed by atoms with E-state index in [1.54, 1.807) is 0 Å². The average Bonchev–Trinajstić information content (AvgIpc) is 3.65. The quantitative estimate of drug-likeness (QED) is 0.151. The van der Waals surface area contributed by atoms with E-state index < -0.39 is 5.41 Å². The summed E-state index contributed by atoms with van der Waals surface area (Å²) >= 11 is 0. The summed E-state index contributed by atoms with van der Waals surface area (Å²) in [7, 11) is 0. The van der Waals surface area contributed by atoms with Crippen LogP contribution in [0.2, 0.25) is 0 Å². The molecule has 1 aliphatic carbocycles. The zero-order valence-electron chi connectivity index (χ0n) is 34.6. The van der Waals surface area contributed by atoms with E-state index >= 15 is 0 Å². The Labute approximate surface area is 368 Å². The van der Waals surface area contributed by atoms with Crippen LogP contribution in [0.25, 0.3) is 43.4 Å². The molecular formula is C61H42N2. The first kappa shape index (κ1) is 36.6. The fourth-order valence-corrected chi connectivity index (χ4v) is 10.3. The van der Waals surface area contributed by atoms with E-state index in [1.807, 2.05) is 0 Å². The molecule has 2 nitrogen and oxygen atoms in total. The van der Waals surface area contributed by atoms with E-state index in [1.165, 1.54) is 65.7 Å². The molecule has 0 aromatic heterocycles. The minimum atomic E-state index is -0.667. The number of hydrogen-bond acceptors (Lipinski definition) is 2. The SMILES string of the molecule is c1ccc(N(c2ccccc2)c2cc3c(c4ccccc24)-c2ccc(N(c4ccc5ccccc5c4)c4ccc5ccccc5c4)cc2C3(c2ccccc2)c2ccccc2)cc1. The van der Waals surface area contributed by atoms with Gasteiger partial charge in [-0.25, -0.2) is 0 Å². The van der Waals surface area contributed by atoms with Crippen LogP contribution >= 0.6 is 0 Å². The summed E-state index contributed by atoms with van der Waals surface area (Å²) in [5.41, 5.74) is 13.5. The topological polar surface area (TPSA) is 6.48 Å². The third-order valence-electron chi connectivity index (χ3n) is 13.0. The minimum Gasteiger partial charge on any atom is -0.310 e. The molecule has 0 bridgehead atoms. The van der Waals surface area contributed by atoms with Gasteiger partial charge in [0.1, 0.15) is 0 Å². The van der Waals surface area contributed by atoms with Gasteiger partial charge in [-0.05, 0) is 127 Å². The second-order valence-corrected chi connectivity index (χ2v) is 16.5. The Kier molecular flexibility index (Phi) is 8.76. The summed E-state index contributed by atoms with van der Waals surface area (Å²) in [6, 6.07) is 93.6. The molecule has 11 aromatic rings. The van der Waals surface area contributed by atoms with E-state index in [9.17, 15) is 0 Å². The van der Waals surface area contributed by atoms with Crippen LogP contribution in [-0.4, -0.2) is 0 Å². The molecule has 11 aromatic carbocycles. The number of nitrogens with zero attached hydrogens (tertiary/aromatic N) is 2. The summed E-state index contributed by atoms with van der Waals surface area (Å²) in [5.74, 6) is 0. The first-order valence-electron chi connectivity index (χ1n) is 21.8. The second kappa shape index (κ2) is 15.1. The van der Waals surface area contributed by atoms with Crippen LogP contribution in [0.5, 0.6) is 0 Å². The molecule has 2 heteroatoms. The smallest absolute Gasteiger partial charge is 0.0715 e. The fraction of sp³-hybridized carbons (Fsp3) is 0.0164. The lowest BCUT2D eigenvalue weighted by Gasteiger charge is -2.36. The summed E-state index contributed by atoms with van der Waals surface area (Å²) < 4.78 is 0. The van der Waals surface area contributed by atoms with Gasteiger partial charge in [-0.3, -0.25) is 0 Å². The van der Waals surface area contributed by atoms with Gasteiger partial charge < -0.3 is 9.80 Å². The fourth-order valence-electron chi connectivity index (χ4n) is 10.3. The molecule has 0 fully saturated rings. The average molecular weight is 803 g/mol. The number of fused-ring (bicyclic) bond motifs is 7. The van der Waals surface area contributed by atoms with Gasteiger partial charge in [0.25, 0.3) is 0 Å². The van der Waals surface area contributed by atoms with Crippen molar-refractivity contribution < 1.29 is 0 Å². The molecule has 0 N–H and O–H groups in total. The van der Waals surface area contributed by atoms with Crippen molar-refractivity contribution >= 4 is 66.4 Å². The van der Waals surface area contributed by atoms with Crippen molar-refractivity contribution in [3.8, 4) is 11.1 Å². The van der Waals surface area contributed by atoms with Gasteiger partial charge in [-0.15, -0.1) is 0 Å². The van der Waals surface area contributed by atoms with Crippen molar-refractivity contribution in [3.05, 3.63) is 277 Å². The Morgan fingerprint density at radius 2 is 0.698 bits per heavy atom. The van der Waals surface area contributed by atoms with E-state index in [2.05, 4.69) is 265 Å². The van der Waals surface area contributed by atoms with Crippen LogP contribution in [0.4, 0.5) is 34.1 Å². The van der Waals surface area contributed by atoms with E-state index in [0.29, 0.717) is 0 Å². The van der Waals surface area contributed by atoms with Gasteiger partial charge in [0.05, 0.1) is 11.1 Å². The van der Waals surface area contributed by atoms with Crippen LogP contribution in [0, 0.1) is 0 Å². The molecule has 0 unspecified atom stereocenters. The number of anilines is 6. The summed E-state index contributed by atoms with van der Waals surface area (Å²) in [6.07, 6.45) is 0. The molecule has 0 heterocycles. The first-order valence-corrected chi connectivity index (χ1v) is 21.8. The van der Waals surface area contributed by atoms with Crippen molar-refractivity contribution in [1.82, 2.24) is 0 Å². The van der Waals surface area contributed by atoms with Gasteiger partial charge in [0, 0.05) is 33.8 Å². The van der Waals surface area contributed by atoms with Crippen LogP contribution in [-0.2, 0) is 5.41 Å². The molecule has 0 atom stereocenters. The Balaban J connectivity index is 1.18. The first-order chi connectivity index (χ1) is 31.3. The molecule has 0 spiro atoms. The summed E-state index contributed by atoms with van der Waals surface area (Å²) in [6.45, 7) is 0. The maximum Gasteiger partial charge on any atom is 0.0715 e. The van der Waals surface area contributed by atoms with Crippen molar-refractivity contribution in [2.24, 2.45) is 0 Å². The van der Waals surface area contributed by atoms with Crippen molar-refractivity contribution in [1.29, 1.82) is 0 Å². The Morgan fingerprint density at radius 3 is 1.24 bits per heavy atom. The predicted molar refractivity (Wildman–Crippen MR) is 266 cm³/mol. The Bertz CT molecular complexity index is 3290. The zero-order chi connectivity index (χ0) is 41.7. The normalized spacial score (nSPS) is 12.6. The highest BCUT2D eigenvalue weighted by Gasteiger charge is 2.48. The third kappa shape index (κ3) is 5.95. The Morgan fingerprint density at radius 1 is 0.270 bits per heavy atom. The number of rotatable bonds is 8. The van der Waals surface area contributed by atoms with Gasteiger partial charge in [0.15, 0.2) is 0 Å². The third-order valence-corrected chi connectivity index (χ3v) is 13.0. The largest absolute Gasteiger partial charge is 0.310 e. The lowest BCUT2D eigenvalue weighted by atomic mass is 9.67. The van der Waals surface area contributed by atoms with E-state index in [-0.39, 0.29) is 0 Å². The summed E-state index contributed by atoms with van der Waals surface area (Å²) in [5, 5.41) is 7.28. The number of hydrogen-bond donors (Lipinski definition) is 0. The predicted octanol–water partition coefficient (Wildman–Crippen LogP) is 16.4. The van der Waals surface area contributed by atoms with E-state index in [4.69, 9.17) is 0 Å². The van der Waals surface area contributed by atoms with Gasteiger partial charge in [-0.2, -0.15) is 0 Å². The molecule has 12 rings (SSSR count). The molecule has 0 aliphatic heterocycles. The molecular weight excluding hydrogens is 761 g/mol. The highest BCUT2D eigenvalue weighted by molar-refractivity contribution is 6.11. The molecule has 0 saturated heterocycles. The van der Waals surface area contributed by atoms with Crippen molar-refractivity contribution in [3.63, 3.8) is 0 Å². The molecule has 0 radical (unpaired) electrons. The minimum absolute atomic E-state index is 0.667. The molecule has 0 amide bonds. The highest BCUT2D eigenvalue weighted by Crippen LogP contribution is 2.60. The monoisotopic (exact) mass is 802 g/mol. The van der Waals surface area contributed by atoms with Crippen molar-refractivity contribution in [2.75, 3.05) is 9.80 Å². The summed E-state index contributed by atoms with van der Waals surface area (Å²) in [4.78, 5) is 4.87. The molecule has 0 saturated carbocycles. The van der Waals surface area contributed by atoms with Gasteiger partial charge >= 0.3 is 0 Å².